The van der Waals surface area contributed by atoms with E-state index in [1.807, 2.05) is 54.6 Å². The van der Waals surface area contributed by atoms with E-state index in [9.17, 15) is 9.90 Å². The first-order chi connectivity index (χ1) is 19.8. The third-order valence-corrected chi connectivity index (χ3v) is 7.07. The number of rotatable bonds is 13. The van der Waals surface area contributed by atoms with Crippen LogP contribution in [0.5, 0.6) is 0 Å². The quantitative estimate of drug-likeness (QED) is 0.136. The molecule has 0 saturated carbocycles. The molecule has 1 aliphatic heterocycles. The summed E-state index contributed by atoms with van der Waals surface area (Å²) in [7, 11) is 1.48. The molecule has 3 aromatic rings. The number of amides is 1. The van der Waals surface area contributed by atoms with E-state index >= 15 is 0 Å². The molecule has 5 atom stereocenters. The molecule has 1 heterocycles. The van der Waals surface area contributed by atoms with Crippen LogP contribution < -0.4 is 16.8 Å². The van der Waals surface area contributed by atoms with Crippen molar-refractivity contribution in [3.05, 3.63) is 82.9 Å². The van der Waals surface area contributed by atoms with E-state index in [0.717, 1.165) is 21.9 Å². The molecule has 11 heteroatoms. The van der Waals surface area contributed by atoms with Crippen molar-refractivity contribution in [1.29, 1.82) is 0 Å². The summed E-state index contributed by atoms with van der Waals surface area (Å²) in [6.45, 7) is 0.929. The standard InChI is InChI=1S/C30H37ClN4O6/c1-38-28-26(35-25(36)7-4-14-34-30(32)33)29(40-17-20-8-11-21-5-2-3-6-22(21)15-20)41-24(27(28)37)18-39-16-19-9-12-23(31)13-10-19/h2-3,5-6,8-13,15,24,26-29,37H,4,7,14,16-18H2,1H3,(H,35,36)(H4,32,33,34)/t24-,26-,27-,28-,29?/m1/s1. The fraction of sp³-hybridized carbons (Fsp3) is 0.400. The number of aliphatic hydroxyl groups is 1. The highest BCUT2D eigenvalue weighted by atomic mass is 35.5. The Hall–Kier alpha value is -3.25. The number of benzene rings is 3. The number of nitrogens with one attached hydrogen (secondary N) is 1. The largest absolute Gasteiger partial charge is 0.388 e. The van der Waals surface area contributed by atoms with E-state index in [-0.39, 0.29) is 31.5 Å². The second-order valence-electron chi connectivity index (χ2n) is 9.87. The van der Waals surface area contributed by atoms with Crippen LogP contribution in [0.3, 0.4) is 0 Å². The van der Waals surface area contributed by atoms with Crippen LogP contribution in [-0.4, -0.2) is 67.9 Å². The molecule has 10 nitrogen and oxygen atoms in total. The van der Waals surface area contributed by atoms with E-state index in [1.165, 1.54) is 7.11 Å². The number of methoxy groups -OCH3 is 1. The van der Waals surface area contributed by atoms with E-state index < -0.39 is 30.6 Å². The molecule has 1 saturated heterocycles. The van der Waals surface area contributed by atoms with Gasteiger partial charge in [-0.15, -0.1) is 0 Å². The van der Waals surface area contributed by atoms with Crippen LogP contribution in [0.2, 0.25) is 5.02 Å². The van der Waals surface area contributed by atoms with Crippen molar-refractivity contribution >= 4 is 34.2 Å². The van der Waals surface area contributed by atoms with Crippen molar-refractivity contribution in [2.24, 2.45) is 16.5 Å². The van der Waals surface area contributed by atoms with E-state index in [1.54, 1.807) is 12.1 Å². The number of carbonyl (C=O) groups is 1. The van der Waals surface area contributed by atoms with Crippen LogP contribution in [0.25, 0.3) is 10.8 Å². The Morgan fingerprint density at radius 2 is 1.78 bits per heavy atom. The lowest BCUT2D eigenvalue weighted by Crippen LogP contribution is -2.65. The molecule has 1 aliphatic rings. The highest BCUT2D eigenvalue weighted by Gasteiger charge is 2.47. The summed E-state index contributed by atoms with van der Waals surface area (Å²) in [5, 5.41) is 16.9. The minimum absolute atomic E-state index is 0.0277. The van der Waals surface area contributed by atoms with E-state index in [0.29, 0.717) is 24.6 Å². The van der Waals surface area contributed by atoms with Gasteiger partial charge in [0.2, 0.25) is 5.91 Å². The predicted octanol–water partition coefficient (Wildman–Crippen LogP) is 2.87. The van der Waals surface area contributed by atoms with Crippen molar-refractivity contribution in [2.45, 2.75) is 56.7 Å². The summed E-state index contributed by atoms with van der Waals surface area (Å²) in [5.41, 5.74) is 12.6. The Bertz CT molecular complexity index is 1300. The second-order valence-corrected chi connectivity index (χ2v) is 10.3. The van der Waals surface area contributed by atoms with Gasteiger partial charge in [-0.05, 0) is 46.5 Å². The molecule has 4 rings (SSSR count). The van der Waals surface area contributed by atoms with Gasteiger partial charge in [0.1, 0.15) is 24.4 Å². The zero-order valence-electron chi connectivity index (χ0n) is 22.9. The van der Waals surface area contributed by atoms with Gasteiger partial charge < -0.3 is 40.8 Å². The molecule has 0 bridgehead atoms. The molecule has 0 aromatic heterocycles. The highest BCUT2D eigenvalue weighted by Crippen LogP contribution is 2.26. The van der Waals surface area contributed by atoms with Crippen molar-refractivity contribution in [2.75, 3.05) is 20.3 Å². The smallest absolute Gasteiger partial charge is 0.220 e. The number of aliphatic imine (C=N–C) groups is 1. The van der Waals surface area contributed by atoms with Gasteiger partial charge in [0.05, 0.1) is 19.8 Å². The van der Waals surface area contributed by atoms with Gasteiger partial charge >= 0.3 is 0 Å². The fourth-order valence-corrected chi connectivity index (χ4v) is 4.85. The molecule has 1 amide bonds. The van der Waals surface area contributed by atoms with Gasteiger partial charge in [0, 0.05) is 25.1 Å². The Labute approximate surface area is 244 Å². The second kappa shape index (κ2) is 15.1. The maximum atomic E-state index is 12.8. The number of fused-ring (bicyclic) bond motifs is 1. The molecule has 0 aliphatic carbocycles. The van der Waals surface area contributed by atoms with Gasteiger partial charge in [0.15, 0.2) is 12.2 Å². The van der Waals surface area contributed by atoms with Gasteiger partial charge in [-0.25, -0.2) is 0 Å². The van der Waals surface area contributed by atoms with Crippen LogP contribution in [0.1, 0.15) is 24.0 Å². The molecule has 0 spiro atoms. The lowest BCUT2D eigenvalue weighted by atomic mass is 9.96. The summed E-state index contributed by atoms with van der Waals surface area (Å²) >= 11 is 5.97. The summed E-state index contributed by atoms with van der Waals surface area (Å²) in [6, 6.07) is 20.6. The van der Waals surface area contributed by atoms with Crippen molar-refractivity contribution in [3.63, 3.8) is 0 Å². The fourth-order valence-electron chi connectivity index (χ4n) is 4.72. The number of hydrogen-bond acceptors (Lipinski definition) is 7. The van der Waals surface area contributed by atoms with Crippen LogP contribution in [0, 0.1) is 0 Å². The average Bonchev–Trinajstić information content (AvgIpc) is 2.96. The van der Waals surface area contributed by atoms with E-state index in [2.05, 4.69) is 10.3 Å². The Kier molecular flexibility index (Phi) is 11.3. The molecular formula is C30H37ClN4O6. The zero-order valence-corrected chi connectivity index (χ0v) is 23.7. The number of aliphatic hydroxyl groups excluding tert-OH is 1. The number of halogens is 1. The summed E-state index contributed by atoms with van der Waals surface area (Å²) in [4.78, 5) is 16.7. The Morgan fingerprint density at radius 3 is 2.51 bits per heavy atom. The van der Waals surface area contributed by atoms with Crippen LogP contribution in [0.4, 0.5) is 0 Å². The molecule has 41 heavy (non-hydrogen) atoms. The van der Waals surface area contributed by atoms with Gasteiger partial charge in [-0.1, -0.05) is 60.1 Å². The monoisotopic (exact) mass is 584 g/mol. The maximum Gasteiger partial charge on any atom is 0.220 e. The average molecular weight is 585 g/mol. The van der Waals surface area contributed by atoms with Crippen LogP contribution in [0.15, 0.2) is 71.7 Å². The molecule has 1 fully saturated rings. The molecule has 0 radical (unpaired) electrons. The number of hydrogen-bond donors (Lipinski definition) is 4. The SMILES string of the molecule is CO[C@H]1[C@H](O)[C@@H](COCc2ccc(Cl)cc2)OC(OCc2ccc3ccccc3c2)[C@@H]1NC(=O)CCCN=C(N)N. The number of nitrogens with zero attached hydrogens (tertiary/aromatic N) is 1. The van der Waals surface area contributed by atoms with Crippen molar-refractivity contribution < 1.29 is 28.8 Å². The van der Waals surface area contributed by atoms with Gasteiger partial charge in [-0.2, -0.15) is 0 Å². The summed E-state index contributed by atoms with van der Waals surface area (Å²) < 4.78 is 24.0. The minimum Gasteiger partial charge on any atom is -0.388 e. The first kappa shape index (κ1) is 30.7. The van der Waals surface area contributed by atoms with Gasteiger partial charge in [0.25, 0.3) is 0 Å². The van der Waals surface area contributed by atoms with Crippen LogP contribution >= 0.6 is 11.6 Å². The number of carbonyl (C=O) groups excluding carboxylic acids is 1. The van der Waals surface area contributed by atoms with Crippen LogP contribution in [-0.2, 0) is 37.0 Å². The number of ether oxygens (including phenoxy) is 4. The Morgan fingerprint density at radius 1 is 1.05 bits per heavy atom. The number of nitrogens with two attached hydrogens (primary N) is 2. The normalized spacial score (nSPS) is 22.4. The summed E-state index contributed by atoms with van der Waals surface area (Å²) in [5.74, 6) is -0.296. The highest BCUT2D eigenvalue weighted by molar-refractivity contribution is 6.30. The lowest BCUT2D eigenvalue weighted by molar-refractivity contribution is -0.279. The first-order valence-corrected chi connectivity index (χ1v) is 13.8. The van der Waals surface area contributed by atoms with Crippen molar-refractivity contribution in [3.8, 4) is 0 Å². The molecule has 6 N–H and O–H groups in total. The molecule has 1 unspecified atom stereocenters. The van der Waals surface area contributed by atoms with Gasteiger partial charge in [-0.3, -0.25) is 9.79 Å². The number of guanidine groups is 1. The predicted molar refractivity (Wildman–Crippen MR) is 157 cm³/mol. The summed E-state index contributed by atoms with van der Waals surface area (Å²) in [6.07, 6.45) is -2.95. The third-order valence-electron chi connectivity index (χ3n) is 6.82. The molecular weight excluding hydrogens is 548 g/mol. The lowest BCUT2D eigenvalue weighted by Gasteiger charge is -2.44. The zero-order chi connectivity index (χ0) is 29.2. The van der Waals surface area contributed by atoms with Crippen molar-refractivity contribution in [1.82, 2.24) is 5.32 Å². The molecule has 3 aromatic carbocycles. The minimum atomic E-state index is -1.09. The van der Waals surface area contributed by atoms with E-state index in [4.69, 9.17) is 42.0 Å². The topological polar surface area (TPSA) is 151 Å². The molecule has 220 valence electrons. The first-order valence-electron chi connectivity index (χ1n) is 13.5. The Balaban J connectivity index is 1.45. The maximum absolute atomic E-state index is 12.8. The third kappa shape index (κ3) is 8.87.